The third kappa shape index (κ3) is 2.38. The Bertz CT molecular complexity index is 421. The molecule has 0 heterocycles. The fraction of sp³-hybridized carbons (Fsp3) is 0.455. The fourth-order valence-corrected chi connectivity index (χ4v) is 2.95. The van der Waals surface area contributed by atoms with Gasteiger partial charge in [0, 0.05) is 16.1 Å². The molecule has 1 rings (SSSR count). The van der Waals surface area contributed by atoms with Crippen molar-refractivity contribution >= 4 is 33.2 Å². The van der Waals surface area contributed by atoms with Gasteiger partial charge in [-0.1, -0.05) is 29.8 Å². The predicted octanol–water partition coefficient (Wildman–Crippen LogP) is 4.22. The zero-order chi connectivity index (χ0) is 12.3. The second-order valence-electron chi connectivity index (χ2n) is 3.42. The van der Waals surface area contributed by atoms with E-state index in [0.717, 1.165) is 28.4 Å². The third-order valence-corrected chi connectivity index (χ3v) is 3.85. The van der Waals surface area contributed by atoms with Gasteiger partial charge in [-0.2, -0.15) is 0 Å². The molecule has 0 aliphatic carbocycles. The summed E-state index contributed by atoms with van der Waals surface area (Å²) in [6, 6.07) is 1.61. The number of halogens is 2. The second-order valence-corrected chi connectivity index (χ2v) is 4.48. The molecular formula is C11H13BrClNO2. The van der Waals surface area contributed by atoms with E-state index in [0.29, 0.717) is 5.56 Å². The summed E-state index contributed by atoms with van der Waals surface area (Å²) in [5, 5.41) is 11.0. The van der Waals surface area contributed by atoms with Crippen molar-refractivity contribution in [3.05, 3.63) is 37.3 Å². The monoisotopic (exact) mass is 305 g/mol. The zero-order valence-corrected chi connectivity index (χ0v) is 11.6. The van der Waals surface area contributed by atoms with Crippen LogP contribution in [0.3, 0.4) is 0 Å². The van der Waals surface area contributed by atoms with E-state index in [4.69, 9.17) is 11.6 Å². The number of rotatable bonds is 4. The van der Waals surface area contributed by atoms with Crippen LogP contribution in [0.4, 0.5) is 5.69 Å². The number of benzene rings is 1. The maximum absolute atomic E-state index is 11.0. The Labute approximate surface area is 108 Å². The van der Waals surface area contributed by atoms with Gasteiger partial charge in [-0.3, -0.25) is 10.1 Å². The fourth-order valence-electron chi connectivity index (χ4n) is 1.73. The van der Waals surface area contributed by atoms with Gasteiger partial charge in [0.15, 0.2) is 0 Å². The lowest BCUT2D eigenvalue weighted by Crippen LogP contribution is -2.02. The molecular weight excluding hydrogens is 293 g/mol. The van der Waals surface area contributed by atoms with E-state index in [9.17, 15) is 10.1 Å². The average molecular weight is 307 g/mol. The van der Waals surface area contributed by atoms with Crippen molar-refractivity contribution in [2.45, 2.75) is 32.6 Å². The topological polar surface area (TPSA) is 43.1 Å². The van der Waals surface area contributed by atoms with Gasteiger partial charge in [0.25, 0.3) is 5.69 Å². The molecule has 16 heavy (non-hydrogen) atoms. The van der Waals surface area contributed by atoms with Crippen molar-refractivity contribution in [1.29, 1.82) is 0 Å². The van der Waals surface area contributed by atoms with Gasteiger partial charge < -0.3 is 0 Å². The molecule has 5 heteroatoms. The highest BCUT2D eigenvalue weighted by Gasteiger charge is 2.21. The number of nitro benzene ring substituents is 1. The molecule has 0 aliphatic heterocycles. The van der Waals surface area contributed by atoms with E-state index in [-0.39, 0.29) is 16.5 Å². The largest absolute Gasteiger partial charge is 0.274 e. The van der Waals surface area contributed by atoms with Gasteiger partial charge in [-0.05, 0) is 24.0 Å². The van der Waals surface area contributed by atoms with E-state index in [1.54, 1.807) is 6.07 Å². The van der Waals surface area contributed by atoms with Crippen molar-refractivity contribution in [2.24, 2.45) is 0 Å². The molecule has 0 spiro atoms. The van der Waals surface area contributed by atoms with Crippen LogP contribution in [-0.4, -0.2) is 4.92 Å². The number of aryl methyl sites for hydroxylation is 1. The average Bonchev–Trinajstić information content (AvgIpc) is 2.27. The van der Waals surface area contributed by atoms with Crippen LogP contribution in [-0.2, 0) is 18.7 Å². The number of alkyl halides is 1. The van der Waals surface area contributed by atoms with Gasteiger partial charge in [0.2, 0.25) is 0 Å². The Morgan fingerprint density at radius 1 is 1.38 bits per heavy atom. The Balaban J connectivity index is 3.56. The molecule has 0 aliphatic rings. The summed E-state index contributed by atoms with van der Waals surface area (Å²) in [4.78, 5) is 10.6. The first kappa shape index (κ1) is 13.5. The summed E-state index contributed by atoms with van der Waals surface area (Å²) >= 11 is 9.30. The Morgan fingerprint density at radius 3 is 2.38 bits per heavy atom. The zero-order valence-electron chi connectivity index (χ0n) is 9.22. The molecule has 0 unspecified atom stereocenters. The summed E-state index contributed by atoms with van der Waals surface area (Å²) in [5.41, 5.74) is 2.66. The molecule has 0 N–H and O–H groups in total. The van der Waals surface area contributed by atoms with Crippen LogP contribution in [0.2, 0.25) is 0 Å². The molecule has 0 saturated heterocycles. The highest BCUT2D eigenvalue weighted by atomic mass is 79.9. The van der Waals surface area contributed by atoms with E-state index >= 15 is 0 Å². The minimum Gasteiger partial charge on any atom is -0.258 e. The highest BCUT2D eigenvalue weighted by molar-refractivity contribution is 9.10. The van der Waals surface area contributed by atoms with Crippen molar-refractivity contribution in [3.8, 4) is 0 Å². The molecule has 1 aromatic carbocycles. The first-order chi connectivity index (χ1) is 7.56. The summed E-state index contributed by atoms with van der Waals surface area (Å²) in [5.74, 6) is 0.169. The lowest BCUT2D eigenvalue weighted by atomic mass is 9.99. The van der Waals surface area contributed by atoms with Crippen LogP contribution in [0.1, 0.15) is 30.5 Å². The molecule has 0 saturated carbocycles. The maximum Gasteiger partial charge on any atom is 0.274 e. The first-order valence-electron chi connectivity index (χ1n) is 5.10. The molecule has 0 fully saturated rings. The van der Waals surface area contributed by atoms with E-state index in [2.05, 4.69) is 15.9 Å². The third-order valence-electron chi connectivity index (χ3n) is 2.60. The molecule has 0 aromatic heterocycles. The summed E-state index contributed by atoms with van der Waals surface area (Å²) < 4.78 is 0.957. The highest BCUT2D eigenvalue weighted by Crippen LogP contribution is 2.34. The quantitative estimate of drug-likeness (QED) is 0.475. The van der Waals surface area contributed by atoms with Crippen LogP contribution in [0.25, 0.3) is 0 Å². The van der Waals surface area contributed by atoms with Gasteiger partial charge in [0.1, 0.15) is 0 Å². The minimum absolute atomic E-state index is 0.131. The molecule has 0 bridgehead atoms. The Kier molecular flexibility index (Phi) is 4.74. The van der Waals surface area contributed by atoms with E-state index in [1.165, 1.54) is 0 Å². The van der Waals surface area contributed by atoms with Crippen molar-refractivity contribution in [2.75, 3.05) is 0 Å². The smallest absolute Gasteiger partial charge is 0.258 e. The van der Waals surface area contributed by atoms with Gasteiger partial charge >= 0.3 is 0 Å². The second kappa shape index (κ2) is 5.64. The van der Waals surface area contributed by atoms with E-state index < -0.39 is 0 Å². The molecule has 0 radical (unpaired) electrons. The van der Waals surface area contributed by atoms with Crippen molar-refractivity contribution in [3.63, 3.8) is 0 Å². The lowest BCUT2D eigenvalue weighted by molar-refractivity contribution is -0.385. The van der Waals surface area contributed by atoms with Crippen molar-refractivity contribution < 1.29 is 4.92 Å². The Hall–Kier alpha value is -0.610. The van der Waals surface area contributed by atoms with Crippen LogP contribution in [0, 0.1) is 10.1 Å². The number of hydrogen-bond donors (Lipinski definition) is 0. The van der Waals surface area contributed by atoms with Gasteiger partial charge in [-0.25, -0.2) is 0 Å². The lowest BCUT2D eigenvalue weighted by Gasteiger charge is -2.12. The normalized spacial score (nSPS) is 10.5. The van der Waals surface area contributed by atoms with Crippen LogP contribution in [0.5, 0.6) is 0 Å². The maximum atomic E-state index is 11.0. The molecule has 0 amide bonds. The summed E-state index contributed by atoms with van der Waals surface area (Å²) in [6.45, 7) is 3.95. The minimum atomic E-state index is -0.359. The molecule has 0 atom stereocenters. The number of nitrogens with zero attached hydrogens (tertiary/aromatic N) is 1. The molecule has 3 nitrogen and oxygen atoms in total. The summed E-state index contributed by atoms with van der Waals surface area (Å²) in [7, 11) is 0. The van der Waals surface area contributed by atoms with Crippen LogP contribution < -0.4 is 0 Å². The SMILES string of the molecule is CCc1cc([N+](=O)[O-])c(CCl)c(CC)c1Br. The van der Waals surface area contributed by atoms with Crippen molar-refractivity contribution in [1.82, 2.24) is 0 Å². The van der Waals surface area contributed by atoms with Crippen LogP contribution in [0.15, 0.2) is 10.5 Å². The van der Waals surface area contributed by atoms with Crippen LogP contribution >= 0.6 is 27.5 Å². The molecule has 88 valence electrons. The number of nitro groups is 1. The number of hydrogen-bond acceptors (Lipinski definition) is 2. The van der Waals surface area contributed by atoms with Gasteiger partial charge in [-0.15, -0.1) is 11.6 Å². The summed E-state index contributed by atoms with van der Waals surface area (Å²) in [6.07, 6.45) is 1.49. The van der Waals surface area contributed by atoms with Gasteiger partial charge in [0.05, 0.1) is 10.8 Å². The first-order valence-corrected chi connectivity index (χ1v) is 6.42. The standard InChI is InChI=1S/C11H13BrClNO2/c1-3-7-5-10(14(15)16)9(6-13)8(4-2)11(7)12/h5H,3-4,6H2,1-2H3. The predicted molar refractivity (Wildman–Crippen MR) is 69.1 cm³/mol. The van der Waals surface area contributed by atoms with E-state index in [1.807, 2.05) is 13.8 Å². The molecule has 1 aromatic rings. The Morgan fingerprint density at radius 2 is 2.00 bits per heavy atom.